The van der Waals surface area contributed by atoms with Gasteiger partial charge in [0.25, 0.3) is 0 Å². The van der Waals surface area contributed by atoms with E-state index in [0.717, 1.165) is 0 Å². The van der Waals surface area contributed by atoms with E-state index in [1.807, 2.05) is 0 Å². The van der Waals surface area contributed by atoms with E-state index in [1.54, 1.807) is 0 Å². The van der Waals surface area contributed by atoms with Gasteiger partial charge >= 0.3 is 5.97 Å². The predicted octanol–water partition coefficient (Wildman–Crippen LogP) is -0.734. The summed E-state index contributed by atoms with van der Waals surface area (Å²) in [4.78, 5) is 9.39. The molecular formula is C3H5O3. The van der Waals surface area contributed by atoms with Crippen LogP contribution >= 0.6 is 0 Å². The van der Waals surface area contributed by atoms with Crippen molar-refractivity contribution in [2.45, 2.75) is 6.10 Å². The monoisotopic (exact) mass is 89.0 g/mol. The van der Waals surface area contributed by atoms with E-state index in [-0.39, 0.29) is 0 Å². The number of aliphatic carboxylic acids is 1. The smallest absolute Gasteiger partial charge is 0.332 e. The van der Waals surface area contributed by atoms with Crippen molar-refractivity contribution in [1.29, 1.82) is 0 Å². The molecule has 0 aromatic rings. The Kier molecular flexibility index (Phi) is 1.60. The molecule has 1 radical (unpaired) electrons. The molecule has 0 amide bonds. The van der Waals surface area contributed by atoms with Crippen LogP contribution in [0, 0.1) is 6.92 Å². The van der Waals surface area contributed by atoms with Crippen molar-refractivity contribution < 1.29 is 15.0 Å². The van der Waals surface area contributed by atoms with Crippen LogP contribution in [0.2, 0.25) is 0 Å². The third kappa shape index (κ3) is 1.72. The molecule has 35 valence electrons. The Morgan fingerprint density at radius 2 is 2.00 bits per heavy atom. The molecule has 3 heteroatoms. The average Bonchev–Trinajstić information content (AvgIpc) is 1.36. The van der Waals surface area contributed by atoms with Crippen molar-refractivity contribution in [1.82, 2.24) is 0 Å². The quantitative estimate of drug-likeness (QED) is 0.445. The summed E-state index contributed by atoms with van der Waals surface area (Å²) in [5.41, 5.74) is 0. The van der Waals surface area contributed by atoms with Gasteiger partial charge in [-0.05, 0) is 6.92 Å². The molecule has 0 rings (SSSR count). The lowest BCUT2D eigenvalue weighted by atomic mass is 10.4. The van der Waals surface area contributed by atoms with Crippen LogP contribution in [0.1, 0.15) is 0 Å². The van der Waals surface area contributed by atoms with E-state index in [4.69, 9.17) is 10.2 Å². The fourth-order valence-electron chi connectivity index (χ4n) is 0. The molecule has 2 N–H and O–H groups in total. The van der Waals surface area contributed by atoms with E-state index < -0.39 is 12.1 Å². The first-order valence-electron chi connectivity index (χ1n) is 1.38. The lowest BCUT2D eigenvalue weighted by molar-refractivity contribution is -0.144. The molecule has 0 spiro atoms. The summed E-state index contributed by atoms with van der Waals surface area (Å²) in [7, 11) is 0. The fourth-order valence-corrected chi connectivity index (χ4v) is 0. The number of carboxylic acids is 1. The molecule has 0 aliphatic heterocycles. The summed E-state index contributed by atoms with van der Waals surface area (Å²) in [6.07, 6.45) is -1.48. The highest BCUT2D eigenvalue weighted by Crippen LogP contribution is 1.72. The van der Waals surface area contributed by atoms with Gasteiger partial charge in [-0.25, -0.2) is 4.79 Å². The second-order valence-corrected chi connectivity index (χ2v) is 0.854. The minimum atomic E-state index is -1.48. The molecule has 1 atom stereocenters. The maximum atomic E-state index is 9.39. The lowest BCUT2D eigenvalue weighted by Crippen LogP contribution is -2.14. The summed E-state index contributed by atoms with van der Waals surface area (Å²) in [6.45, 7) is 2.79. The van der Waals surface area contributed by atoms with Crippen molar-refractivity contribution in [3.05, 3.63) is 6.92 Å². The molecule has 0 unspecified atom stereocenters. The van der Waals surface area contributed by atoms with Gasteiger partial charge in [-0.1, -0.05) is 0 Å². The number of aliphatic hydroxyl groups is 1. The molecule has 0 aliphatic carbocycles. The zero-order valence-corrected chi connectivity index (χ0v) is 3.09. The van der Waals surface area contributed by atoms with Crippen molar-refractivity contribution >= 4 is 5.97 Å². The lowest BCUT2D eigenvalue weighted by Gasteiger charge is -1.88. The largest absolute Gasteiger partial charge is 0.479 e. The summed E-state index contributed by atoms with van der Waals surface area (Å²) < 4.78 is 0. The summed E-state index contributed by atoms with van der Waals surface area (Å²) in [5, 5.41) is 15.6. The maximum absolute atomic E-state index is 9.39. The first kappa shape index (κ1) is 5.43. The first-order valence-corrected chi connectivity index (χ1v) is 1.38. The zero-order chi connectivity index (χ0) is 5.15. The van der Waals surface area contributed by atoms with E-state index in [2.05, 4.69) is 6.92 Å². The molecule has 0 fully saturated rings. The van der Waals surface area contributed by atoms with Gasteiger partial charge in [-0.2, -0.15) is 0 Å². The highest BCUT2D eigenvalue weighted by molar-refractivity contribution is 5.72. The standard InChI is InChI=1S/C3H5O3/c1-2(4)3(5)6/h2,4H,1H2,(H,5,6)/t2-/m1/s1. The average molecular weight is 89.1 g/mol. The molecule has 3 nitrogen and oxygen atoms in total. The number of rotatable bonds is 1. The van der Waals surface area contributed by atoms with Crippen LogP contribution in [0.15, 0.2) is 0 Å². The van der Waals surface area contributed by atoms with Crippen molar-refractivity contribution in [2.75, 3.05) is 0 Å². The molecule has 0 aromatic carbocycles. The van der Waals surface area contributed by atoms with Gasteiger partial charge in [0.15, 0.2) is 6.10 Å². The second-order valence-electron chi connectivity index (χ2n) is 0.854. The van der Waals surface area contributed by atoms with Crippen LogP contribution in [0.4, 0.5) is 0 Å². The number of aliphatic hydroxyl groups excluding tert-OH is 1. The van der Waals surface area contributed by atoms with Gasteiger partial charge < -0.3 is 10.2 Å². The third-order valence-electron chi connectivity index (χ3n) is 0.285. The Hall–Kier alpha value is -0.570. The van der Waals surface area contributed by atoms with E-state index in [9.17, 15) is 4.79 Å². The highest BCUT2D eigenvalue weighted by atomic mass is 16.4. The Morgan fingerprint density at radius 1 is 1.83 bits per heavy atom. The van der Waals surface area contributed by atoms with Gasteiger partial charge in [0.2, 0.25) is 0 Å². The zero-order valence-electron chi connectivity index (χ0n) is 3.09. The Labute approximate surface area is 35.2 Å². The summed E-state index contributed by atoms with van der Waals surface area (Å²) in [5.74, 6) is -1.30. The highest BCUT2D eigenvalue weighted by Gasteiger charge is 2.01. The normalized spacial score (nSPS) is 13.7. The molecular weight excluding hydrogens is 84.0 g/mol. The van der Waals surface area contributed by atoms with E-state index in [0.29, 0.717) is 0 Å². The molecule has 6 heavy (non-hydrogen) atoms. The van der Waals surface area contributed by atoms with Gasteiger partial charge in [-0.3, -0.25) is 0 Å². The Balaban J connectivity index is 3.26. The van der Waals surface area contributed by atoms with E-state index in [1.165, 1.54) is 0 Å². The molecule has 0 heterocycles. The van der Waals surface area contributed by atoms with Gasteiger partial charge in [0, 0.05) is 0 Å². The number of hydrogen-bond donors (Lipinski definition) is 2. The Bertz CT molecular complexity index is 57.1. The first-order chi connectivity index (χ1) is 2.64. The van der Waals surface area contributed by atoms with Crippen LogP contribution in [0.25, 0.3) is 0 Å². The second kappa shape index (κ2) is 1.77. The van der Waals surface area contributed by atoms with Gasteiger partial charge in [0.05, 0.1) is 0 Å². The van der Waals surface area contributed by atoms with Gasteiger partial charge in [-0.15, -0.1) is 0 Å². The van der Waals surface area contributed by atoms with Gasteiger partial charge in [0.1, 0.15) is 0 Å². The third-order valence-corrected chi connectivity index (χ3v) is 0.285. The van der Waals surface area contributed by atoms with Crippen LogP contribution in [-0.4, -0.2) is 22.3 Å². The molecule has 0 aliphatic rings. The summed E-state index contributed by atoms with van der Waals surface area (Å²) in [6, 6.07) is 0. The fraction of sp³-hybridized carbons (Fsp3) is 0.333. The van der Waals surface area contributed by atoms with Crippen molar-refractivity contribution in [3.8, 4) is 0 Å². The minimum Gasteiger partial charge on any atom is -0.479 e. The van der Waals surface area contributed by atoms with Crippen molar-refractivity contribution in [3.63, 3.8) is 0 Å². The predicted molar refractivity (Wildman–Crippen MR) is 19.0 cm³/mol. The number of carbonyl (C=O) groups is 1. The molecule has 0 saturated carbocycles. The molecule has 0 bridgehead atoms. The van der Waals surface area contributed by atoms with Crippen LogP contribution in [0.5, 0.6) is 0 Å². The number of hydrogen-bond acceptors (Lipinski definition) is 2. The van der Waals surface area contributed by atoms with Crippen molar-refractivity contribution in [2.24, 2.45) is 0 Å². The molecule has 0 saturated heterocycles. The SMILES string of the molecule is [CH2][C@@H](O)C(=O)O. The topological polar surface area (TPSA) is 57.5 Å². The Morgan fingerprint density at radius 3 is 2.00 bits per heavy atom. The molecule has 0 aromatic heterocycles. The number of carboxylic acid groups (broad SMARTS) is 1. The van der Waals surface area contributed by atoms with Crippen LogP contribution < -0.4 is 0 Å². The van der Waals surface area contributed by atoms with Crippen LogP contribution in [-0.2, 0) is 4.79 Å². The van der Waals surface area contributed by atoms with E-state index >= 15 is 0 Å². The maximum Gasteiger partial charge on any atom is 0.332 e. The van der Waals surface area contributed by atoms with Crippen LogP contribution in [0.3, 0.4) is 0 Å². The minimum absolute atomic E-state index is 1.30. The summed E-state index contributed by atoms with van der Waals surface area (Å²) >= 11 is 0.